The van der Waals surface area contributed by atoms with Crippen LogP contribution >= 0.6 is 0 Å². The number of carbonyl (C=O) groups excluding carboxylic acids is 5. The van der Waals surface area contributed by atoms with Crippen molar-refractivity contribution in [2.75, 3.05) is 6.61 Å². The Bertz CT molecular complexity index is 1950. The first-order valence-corrected chi connectivity index (χ1v) is 19.1. The number of hydrogen-bond donors (Lipinski definition) is 1. The minimum Gasteiger partial charge on any atom is -0.462 e. The summed E-state index contributed by atoms with van der Waals surface area (Å²) >= 11 is 0. The average Bonchev–Trinajstić information content (AvgIpc) is 3.84. The van der Waals surface area contributed by atoms with Crippen LogP contribution in [0.25, 0.3) is 0 Å². The molecule has 2 heterocycles. The van der Waals surface area contributed by atoms with Crippen LogP contribution in [0.4, 0.5) is 8.78 Å². The van der Waals surface area contributed by atoms with Gasteiger partial charge in [-0.1, -0.05) is 39.5 Å². The summed E-state index contributed by atoms with van der Waals surface area (Å²) in [6.07, 6.45) is -1.41. The molecular formula is C42H50F2O12. The maximum atomic E-state index is 14.9. The van der Waals surface area contributed by atoms with Crippen LogP contribution in [0.3, 0.4) is 0 Å². The monoisotopic (exact) mass is 784 g/mol. The molecule has 1 N–H and O–H groups in total. The third-order valence-electron chi connectivity index (χ3n) is 15.1. The fraction of sp³-hybridized carbons (Fsp3) is 0.643. The number of rotatable bonds is 6. The molecule has 1 aromatic rings. The highest BCUT2D eigenvalue weighted by Crippen LogP contribution is 2.78. The third kappa shape index (κ3) is 5.29. The number of benzene rings is 1. The lowest BCUT2D eigenvalue weighted by Crippen LogP contribution is -2.82. The second-order valence-corrected chi connectivity index (χ2v) is 17.7. The molecule has 0 radical (unpaired) electrons. The summed E-state index contributed by atoms with van der Waals surface area (Å²) in [5, 5.41) is 13.4. The summed E-state index contributed by atoms with van der Waals surface area (Å²) in [4.78, 5) is 66.0. The Morgan fingerprint density at radius 3 is 2.27 bits per heavy atom. The second kappa shape index (κ2) is 12.9. The molecule has 1 saturated heterocycles. The fourth-order valence-electron chi connectivity index (χ4n) is 12.8. The van der Waals surface area contributed by atoms with E-state index >= 15 is 0 Å². The topological polar surface area (TPSA) is 164 Å². The maximum absolute atomic E-state index is 14.9. The first-order valence-electron chi connectivity index (χ1n) is 19.1. The molecule has 0 amide bonds. The summed E-state index contributed by atoms with van der Waals surface area (Å²) in [5.41, 5.74) is -7.58. The SMILES string of the molecule is C=C1C[C@@]2(O)C3CCC4(C)C(C(OC(C)=O)C[C@@]5(C(C)OC(=O)c6cccc(F)c6F)COC(=O)C=C[C@@H]45)[C@@]3(C)[C@H](OC(C)=O)[C@H](OC(C)=O)[C@@]2(C)[C@]2(C)O[C@H]12. The van der Waals surface area contributed by atoms with Gasteiger partial charge in [0.15, 0.2) is 17.7 Å². The highest BCUT2D eigenvalue weighted by atomic mass is 19.2. The van der Waals surface area contributed by atoms with Crippen molar-refractivity contribution < 1.29 is 66.3 Å². The van der Waals surface area contributed by atoms with E-state index in [9.17, 15) is 37.9 Å². The van der Waals surface area contributed by atoms with Crippen LogP contribution in [-0.2, 0) is 47.6 Å². The van der Waals surface area contributed by atoms with Crippen molar-refractivity contribution >= 4 is 29.8 Å². The van der Waals surface area contributed by atoms with Gasteiger partial charge in [0.05, 0.1) is 22.0 Å². The molecule has 1 aromatic carbocycles. The lowest BCUT2D eigenvalue weighted by atomic mass is 9.32. The average molecular weight is 785 g/mol. The van der Waals surface area contributed by atoms with Gasteiger partial charge in [0.2, 0.25) is 0 Å². The summed E-state index contributed by atoms with van der Waals surface area (Å²) in [7, 11) is 0. The zero-order valence-electron chi connectivity index (χ0n) is 32.9. The molecule has 5 unspecified atom stereocenters. The zero-order chi connectivity index (χ0) is 41.1. The van der Waals surface area contributed by atoms with Gasteiger partial charge in [-0.05, 0) is 68.1 Å². The van der Waals surface area contributed by atoms with Crippen LogP contribution in [0, 0.1) is 51.0 Å². The van der Waals surface area contributed by atoms with Gasteiger partial charge >= 0.3 is 29.8 Å². The van der Waals surface area contributed by atoms with Crippen LogP contribution < -0.4 is 0 Å². The van der Waals surface area contributed by atoms with E-state index in [1.807, 2.05) is 20.8 Å². The number of epoxide rings is 1. The van der Waals surface area contributed by atoms with Crippen LogP contribution in [0.1, 0.15) is 91.4 Å². The van der Waals surface area contributed by atoms with Crippen molar-refractivity contribution in [3.05, 3.63) is 59.7 Å². The van der Waals surface area contributed by atoms with Crippen molar-refractivity contribution in [3.63, 3.8) is 0 Å². The first-order chi connectivity index (χ1) is 26.0. The predicted octanol–water partition coefficient (Wildman–Crippen LogP) is 5.33. The molecule has 4 saturated carbocycles. The summed E-state index contributed by atoms with van der Waals surface area (Å²) in [6.45, 7) is 16.8. The molecular weight excluding hydrogens is 734 g/mol. The van der Waals surface area contributed by atoms with Crippen molar-refractivity contribution in [1.82, 2.24) is 0 Å². The lowest BCUT2D eigenvalue weighted by molar-refractivity contribution is -0.347. The Kier molecular flexibility index (Phi) is 9.24. The Labute approximate surface area is 324 Å². The molecule has 0 aromatic heterocycles. The molecule has 4 aliphatic carbocycles. The number of allylic oxidation sites excluding steroid dienone is 1. The quantitative estimate of drug-likeness (QED) is 0.171. The third-order valence-corrected chi connectivity index (χ3v) is 15.1. The fourth-order valence-corrected chi connectivity index (χ4v) is 12.8. The summed E-state index contributed by atoms with van der Waals surface area (Å²) < 4.78 is 65.8. The molecule has 56 heavy (non-hydrogen) atoms. The Morgan fingerprint density at radius 1 is 0.982 bits per heavy atom. The number of aliphatic hydroxyl groups is 1. The van der Waals surface area contributed by atoms with E-state index in [0.29, 0.717) is 18.4 Å². The molecule has 5 fully saturated rings. The Hall–Kier alpha value is -4.17. The molecule has 14 atom stereocenters. The second-order valence-electron chi connectivity index (χ2n) is 17.7. The number of ether oxygens (including phenoxy) is 6. The van der Waals surface area contributed by atoms with Gasteiger partial charge in [-0.25, -0.2) is 18.4 Å². The predicted molar refractivity (Wildman–Crippen MR) is 191 cm³/mol. The van der Waals surface area contributed by atoms with E-state index in [2.05, 4.69) is 6.58 Å². The van der Waals surface area contributed by atoms with Crippen molar-refractivity contribution in [1.29, 1.82) is 0 Å². The van der Waals surface area contributed by atoms with E-state index in [1.165, 1.54) is 32.9 Å². The lowest BCUT2D eigenvalue weighted by Gasteiger charge is -2.74. The normalized spacial score (nSPS) is 43.8. The Balaban J connectivity index is 1.43. The molecule has 0 spiro atoms. The smallest absolute Gasteiger partial charge is 0.341 e. The highest BCUT2D eigenvalue weighted by Gasteiger charge is 2.86. The maximum Gasteiger partial charge on any atom is 0.341 e. The number of esters is 5. The number of halogens is 2. The standard InChI is InChI=1S/C42H50F2O12/c1-20-17-42(50)29-15-16-37(6)28-13-14-30(48)51-19-41(28,21(2)52-36(49)25-11-10-12-26(43)31(25)44)18-27(53-22(3)45)32(37)38(29,7)34(54-23(4)46)35(55-24(5)47)39(42,8)40(9)33(20)56-40/h10-14,21,27-29,32-35,50H,1,15-19H2,2-9H3/t21?,27?,28-,29?,32?,33+,34+,35-,37?,38-,39-,40+,41-,42+/m0/s1. The van der Waals surface area contributed by atoms with E-state index in [0.717, 1.165) is 12.1 Å². The molecule has 2 aliphatic heterocycles. The molecule has 0 bridgehead atoms. The largest absolute Gasteiger partial charge is 0.462 e. The molecule has 6 aliphatic rings. The number of carbonyl (C=O) groups is 5. The van der Waals surface area contributed by atoms with Crippen molar-refractivity contribution in [3.8, 4) is 0 Å². The number of fused-ring (bicyclic) bond motifs is 9. The number of hydrogen-bond acceptors (Lipinski definition) is 12. The van der Waals surface area contributed by atoms with Crippen molar-refractivity contribution in [2.24, 2.45) is 39.4 Å². The van der Waals surface area contributed by atoms with E-state index < -0.39 is 128 Å². The van der Waals surface area contributed by atoms with Crippen LogP contribution in [0.5, 0.6) is 0 Å². The van der Waals surface area contributed by atoms with Gasteiger partial charge in [-0.15, -0.1) is 0 Å². The minimum absolute atomic E-state index is 0.0756. The Morgan fingerprint density at radius 2 is 1.62 bits per heavy atom. The van der Waals surface area contributed by atoms with Crippen molar-refractivity contribution in [2.45, 2.75) is 123 Å². The van der Waals surface area contributed by atoms with Gasteiger partial charge in [-0.2, -0.15) is 0 Å². The first kappa shape index (κ1) is 40.0. The van der Waals surface area contributed by atoms with E-state index in [1.54, 1.807) is 19.9 Å². The zero-order valence-corrected chi connectivity index (χ0v) is 32.9. The molecule has 304 valence electrons. The van der Waals surface area contributed by atoms with E-state index in [-0.39, 0.29) is 19.4 Å². The minimum atomic E-state index is -1.65. The highest BCUT2D eigenvalue weighted by molar-refractivity contribution is 5.90. The molecule has 14 heteroatoms. The molecule has 7 rings (SSSR count). The summed E-state index contributed by atoms with van der Waals surface area (Å²) in [6, 6.07) is 3.16. The molecule has 12 nitrogen and oxygen atoms in total. The van der Waals surface area contributed by atoms with Crippen LogP contribution in [0.2, 0.25) is 0 Å². The van der Waals surface area contributed by atoms with Gasteiger partial charge in [0.25, 0.3) is 0 Å². The van der Waals surface area contributed by atoms with Gasteiger partial charge in [-0.3, -0.25) is 14.4 Å². The van der Waals surface area contributed by atoms with Crippen LogP contribution in [-0.4, -0.2) is 83.3 Å². The van der Waals surface area contributed by atoms with Gasteiger partial charge < -0.3 is 33.5 Å². The number of cyclic esters (lactones) is 1. The van der Waals surface area contributed by atoms with Gasteiger partial charge in [0, 0.05) is 44.6 Å². The van der Waals surface area contributed by atoms with Crippen LogP contribution in [0.15, 0.2) is 42.5 Å². The van der Waals surface area contributed by atoms with Gasteiger partial charge in [0.1, 0.15) is 36.6 Å². The summed E-state index contributed by atoms with van der Waals surface area (Å²) in [5.74, 6) is -8.56. The van der Waals surface area contributed by atoms with E-state index in [4.69, 9.17) is 28.4 Å².